The van der Waals surface area contributed by atoms with Crippen molar-refractivity contribution >= 4 is 5.91 Å². The van der Waals surface area contributed by atoms with Crippen LogP contribution < -0.4 is 0 Å². The van der Waals surface area contributed by atoms with Crippen LogP contribution in [0.15, 0.2) is 4.52 Å². The molecule has 0 N–H and O–H groups in total. The molecule has 0 fully saturated rings. The number of aromatic nitrogens is 2. The van der Waals surface area contributed by atoms with Crippen molar-refractivity contribution in [2.75, 3.05) is 13.1 Å². The van der Waals surface area contributed by atoms with Gasteiger partial charge in [-0.15, -0.1) is 0 Å². The highest BCUT2D eigenvalue weighted by atomic mass is 16.5. The minimum absolute atomic E-state index is 0.117. The monoisotopic (exact) mass is 239 g/mol. The molecule has 0 unspecified atom stereocenters. The van der Waals surface area contributed by atoms with Gasteiger partial charge in [0.15, 0.2) is 5.82 Å². The zero-order valence-electron chi connectivity index (χ0n) is 10.9. The molecule has 1 heterocycles. The largest absolute Gasteiger partial charge is 0.334 e. The van der Waals surface area contributed by atoms with Crippen molar-refractivity contribution < 1.29 is 9.32 Å². The number of aryl methyl sites for hydroxylation is 1. The maximum absolute atomic E-state index is 12.1. The molecule has 1 rings (SSSR count). The summed E-state index contributed by atoms with van der Waals surface area (Å²) in [5, 5.41) is 3.74. The molecule has 0 aliphatic carbocycles. The Kier molecular flexibility index (Phi) is 5.66. The third-order valence-electron chi connectivity index (χ3n) is 2.53. The summed E-state index contributed by atoms with van der Waals surface area (Å²) in [4.78, 5) is 18.0. The molecule has 0 aromatic carbocycles. The molecule has 1 amide bonds. The van der Waals surface area contributed by atoms with Crippen molar-refractivity contribution in [1.29, 1.82) is 0 Å². The Morgan fingerprint density at radius 2 is 2.00 bits per heavy atom. The second-order valence-corrected chi connectivity index (χ2v) is 4.02. The summed E-state index contributed by atoms with van der Waals surface area (Å²) in [6.45, 7) is 7.59. The Balaban J connectivity index is 2.68. The first-order valence-corrected chi connectivity index (χ1v) is 6.34. The second-order valence-electron chi connectivity index (χ2n) is 4.02. The van der Waals surface area contributed by atoms with Crippen molar-refractivity contribution in [3.8, 4) is 0 Å². The normalized spacial score (nSPS) is 10.5. The lowest BCUT2D eigenvalue weighted by atomic mass is 10.3. The van der Waals surface area contributed by atoms with Crippen LogP contribution in [0.5, 0.6) is 0 Å². The van der Waals surface area contributed by atoms with Gasteiger partial charge in [-0.25, -0.2) is 0 Å². The van der Waals surface area contributed by atoms with Crippen LogP contribution in [0.4, 0.5) is 0 Å². The van der Waals surface area contributed by atoms with E-state index in [1.807, 2.05) is 6.92 Å². The summed E-state index contributed by atoms with van der Waals surface area (Å²) < 4.78 is 4.97. The van der Waals surface area contributed by atoms with Gasteiger partial charge in [-0.3, -0.25) is 4.79 Å². The second kappa shape index (κ2) is 7.04. The fourth-order valence-corrected chi connectivity index (χ4v) is 1.55. The Morgan fingerprint density at radius 1 is 1.24 bits per heavy atom. The van der Waals surface area contributed by atoms with Crippen LogP contribution in [0.2, 0.25) is 0 Å². The van der Waals surface area contributed by atoms with E-state index in [9.17, 15) is 4.79 Å². The number of rotatable bonds is 7. The molecule has 0 radical (unpaired) electrons. The SMILES string of the molecule is CCCCN(CCC)C(=O)c1nc(CC)no1. The molecule has 0 spiro atoms. The van der Waals surface area contributed by atoms with Crippen LogP contribution in [-0.2, 0) is 6.42 Å². The summed E-state index contributed by atoms with van der Waals surface area (Å²) in [6.07, 6.45) is 3.68. The van der Waals surface area contributed by atoms with Gasteiger partial charge in [0.2, 0.25) is 0 Å². The fourth-order valence-electron chi connectivity index (χ4n) is 1.55. The van der Waals surface area contributed by atoms with Crippen LogP contribution in [0.1, 0.15) is 56.5 Å². The fraction of sp³-hybridized carbons (Fsp3) is 0.750. The molecular weight excluding hydrogens is 218 g/mol. The quantitative estimate of drug-likeness (QED) is 0.732. The van der Waals surface area contributed by atoms with E-state index in [1.165, 1.54) is 0 Å². The Bertz CT molecular complexity index is 349. The lowest BCUT2D eigenvalue weighted by molar-refractivity contribution is 0.0703. The summed E-state index contributed by atoms with van der Waals surface area (Å²) in [6, 6.07) is 0. The molecule has 1 aromatic heterocycles. The Morgan fingerprint density at radius 3 is 2.53 bits per heavy atom. The lowest BCUT2D eigenvalue weighted by Gasteiger charge is -2.19. The van der Waals surface area contributed by atoms with E-state index < -0.39 is 0 Å². The smallest absolute Gasteiger partial charge is 0.316 e. The first-order valence-electron chi connectivity index (χ1n) is 6.34. The Hall–Kier alpha value is -1.39. The van der Waals surface area contributed by atoms with Crippen LogP contribution in [-0.4, -0.2) is 34.0 Å². The molecule has 5 nitrogen and oxygen atoms in total. The maximum Gasteiger partial charge on any atom is 0.316 e. The van der Waals surface area contributed by atoms with E-state index in [1.54, 1.807) is 4.90 Å². The number of unbranched alkanes of at least 4 members (excludes halogenated alkanes) is 1. The molecule has 1 aromatic rings. The lowest BCUT2D eigenvalue weighted by Crippen LogP contribution is -2.33. The van der Waals surface area contributed by atoms with E-state index >= 15 is 0 Å². The van der Waals surface area contributed by atoms with E-state index in [0.717, 1.165) is 32.4 Å². The molecule has 0 bridgehead atoms. The van der Waals surface area contributed by atoms with Gasteiger partial charge in [-0.2, -0.15) is 4.98 Å². The third-order valence-corrected chi connectivity index (χ3v) is 2.53. The molecule has 96 valence electrons. The number of carbonyl (C=O) groups is 1. The number of carbonyl (C=O) groups excluding carboxylic acids is 1. The Labute approximate surface area is 102 Å². The number of amides is 1. The van der Waals surface area contributed by atoms with Crippen molar-refractivity contribution in [2.24, 2.45) is 0 Å². The minimum atomic E-state index is -0.146. The van der Waals surface area contributed by atoms with Gasteiger partial charge in [0.1, 0.15) is 0 Å². The van der Waals surface area contributed by atoms with Crippen molar-refractivity contribution in [3.63, 3.8) is 0 Å². The van der Waals surface area contributed by atoms with Gasteiger partial charge >= 0.3 is 11.8 Å². The topological polar surface area (TPSA) is 59.2 Å². The van der Waals surface area contributed by atoms with Crippen LogP contribution in [0, 0.1) is 0 Å². The zero-order chi connectivity index (χ0) is 12.7. The molecule has 0 atom stereocenters. The molecule has 0 aliphatic heterocycles. The van der Waals surface area contributed by atoms with E-state index in [-0.39, 0.29) is 11.8 Å². The number of hydrogen-bond donors (Lipinski definition) is 0. The molecule has 0 saturated heterocycles. The standard InChI is InChI=1S/C12H21N3O2/c1-4-7-9-15(8-5-2)12(16)11-13-10(6-3)14-17-11/h4-9H2,1-3H3. The van der Waals surface area contributed by atoms with Crippen LogP contribution in [0.3, 0.4) is 0 Å². The summed E-state index contributed by atoms with van der Waals surface area (Å²) in [5.41, 5.74) is 0. The molecule has 5 heteroatoms. The minimum Gasteiger partial charge on any atom is -0.334 e. The van der Waals surface area contributed by atoms with Crippen molar-refractivity contribution in [3.05, 3.63) is 11.7 Å². The maximum atomic E-state index is 12.1. The third kappa shape index (κ3) is 3.84. The predicted octanol–water partition coefficient (Wildman–Crippen LogP) is 2.28. The highest BCUT2D eigenvalue weighted by molar-refractivity contribution is 5.89. The van der Waals surface area contributed by atoms with Gasteiger partial charge in [-0.1, -0.05) is 32.3 Å². The first kappa shape index (κ1) is 13.7. The molecule has 17 heavy (non-hydrogen) atoms. The van der Waals surface area contributed by atoms with Gasteiger partial charge in [0.25, 0.3) is 0 Å². The van der Waals surface area contributed by atoms with Gasteiger partial charge < -0.3 is 9.42 Å². The van der Waals surface area contributed by atoms with Crippen LogP contribution in [0.25, 0.3) is 0 Å². The van der Waals surface area contributed by atoms with Crippen LogP contribution >= 0.6 is 0 Å². The highest BCUT2D eigenvalue weighted by Gasteiger charge is 2.20. The van der Waals surface area contributed by atoms with Crippen molar-refractivity contribution in [1.82, 2.24) is 15.0 Å². The van der Waals surface area contributed by atoms with E-state index in [4.69, 9.17) is 4.52 Å². The van der Waals surface area contributed by atoms with Gasteiger partial charge in [0, 0.05) is 19.5 Å². The summed E-state index contributed by atoms with van der Waals surface area (Å²) >= 11 is 0. The summed E-state index contributed by atoms with van der Waals surface area (Å²) in [7, 11) is 0. The average molecular weight is 239 g/mol. The van der Waals surface area contributed by atoms with Gasteiger partial charge in [0.05, 0.1) is 0 Å². The molecular formula is C12H21N3O2. The highest BCUT2D eigenvalue weighted by Crippen LogP contribution is 2.06. The van der Waals surface area contributed by atoms with Crippen molar-refractivity contribution in [2.45, 2.75) is 46.5 Å². The molecule has 0 saturated carbocycles. The van der Waals surface area contributed by atoms with Gasteiger partial charge in [-0.05, 0) is 12.8 Å². The predicted molar refractivity (Wildman–Crippen MR) is 64.8 cm³/mol. The summed E-state index contributed by atoms with van der Waals surface area (Å²) in [5.74, 6) is 0.555. The zero-order valence-corrected chi connectivity index (χ0v) is 10.9. The van der Waals surface area contributed by atoms with E-state index in [0.29, 0.717) is 12.2 Å². The molecule has 0 aliphatic rings. The number of nitrogens with zero attached hydrogens (tertiary/aromatic N) is 3. The average Bonchev–Trinajstić information content (AvgIpc) is 2.82. The number of hydrogen-bond acceptors (Lipinski definition) is 4. The van der Waals surface area contributed by atoms with E-state index in [2.05, 4.69) is 24.0 Å². The first-order chi connectivity index (χ1) is 8.22.